The van der Waals surface area contributed by atoms with Crippen LogP contribution in [0.25, 0.3) is 0 Å². The summed E-state index contributed by atoms with van der Waals surface area (Å²) < 4.78 is 70.3. The molecule has 0 spiro atoms. The van der Waals surface area contributed by atoms with E-state index in [2.05, 4.69) is 4.99 Å². The smallest absolute Gasteiger partial charge is 0.187 e. The van der Waals surface area contributed by atoms with Gasteiger partial charge in [0.1, 0.15) is 146 Å². The second-order valence-corrected chi connectivity index (χ2v) is 26.2. The van der Waals surface area contributed by atoms with Crippen LogP contribution in [0.4, 0.5) is 0 Å². The molecule has 0 aromatic carbocycles. The number of carbonyl (C=O) groups is 2. The largest absolute Gasteiger partial charge is 0.394 e. The number of hydrogen-bond acceptors (Lipinski definition) is 41. The van der Waals surface area contributed by atoms with Crippen LogP contribution in [0.3, 0.4) is 0 Å². The van der Waals surface area contributed by atoms with E-state index in [0.29, 0.717) is 0 Å². The number of aliphatic hydroxyl groups excluding tert-OH is 15. The molecule has 6 saturated heterocycles. The summed E-state index contributed by atoms with van der Waals surface area (Å²) in [5.41, 5.74) is 76.1. The highest BCUT2D eigenvalue weighted by molar-refractivity contribution is 5.83. The molecule has 8 fully saturated rings. The first kappa shape index (κ1) is 83.4. The lowest BCUT2D eigenvalue weighted by molar-refractivity contribution is -0.309. The maximum Gasteiger partial charge on any atom is 0.187 e. The number of ketones is 2. The summed E-state index contributed by atoms with van der Waals surface area (Å²) >= 11 is 0. The molecule has 99 heavy (non-hydrogen) atoms. The van der Waals surface area contributed by atoms with Crippen molar-refractivity contribution in [2.75, 3.05) is 52.5 Å². The van der Waals surface area contributed by atoms with Crippen molar-refractivity contribution >= 4 is 17.5 Å². The third-order valence-electron chi connectivity index (χ3n) is 19.3. The van der Waals surface area contributed by atoms with Crippen molar-refractivity contribution in [3.63, 3.8) is 0 Å². The van der Waals surface area contributed by atoms with Gasteiger partial charge in [0, 0.05) is 70.5 Å². The van der Waals surface area contributed by atoms with E-state index in [1.807, 2.05) is 0 Å². The van der Waals surface area contributed by atoms with Gasteiger partial charge in [0.2, 0.25) is 0 Å². The van der Waals surface area contributed by atoms with Crippen LogP contribution in [0, 0.1) is 11.8 Å². The Morgan fingerprint density at radius 3 is 1.01 bits per heavy atom. The van der Waals surface area contributed by atoms with Gasteiger partial charge < -0.3 is 208 Å². The van der Waals surface area contributed by atoms with Crippen molar-refractivity contribution in [3.8, 4) is 0 Å². The van der Waals surface area contributed by atoms with Gasteiger partial charge in [0.05, 0.1) is 49.6 Å². The van der Waals surface area contributed by atoms with E-state index in [4.69, 9.17) is 131 Å². The fourth-order valence-electron chi connectivity index (χ4n) is 13.4. The maximum absolute atomic E-state index is 13.0. The normalized spacial score (nSPS) is 47.6. The van der Waals surface area contributed by atoms with Gasteiger partial charge >= 0.3 is 0 Å². The highest BCUT2D eigenvalue weighted by Gasteiger charge is 2.58. The van der Waals surface area contributed by atoms with E-state index < -0.39 is 257 Å². The molecule has 576 valence electrons. The molecule has 6 heterocycles. The van der Waals surface area contributed by atoms with Gasteiger partial charge in [-0.1, -0.05) is 0 Å². The number of aliphatic imine (C=N–C) groups is 1. The fourth-order valence-corrected chi connectivity index (χ4v) is 13.4. The monoisotopic (exact) mass is 1440 g/mol. The minimum Gasteiger partial charge on any atom is -0.394 e. The van der Waals surface area contributed by atoms with E-state index >= 15 is 0 Å². The summed E-state index contributed by atoms with van der Waals surface area (Å²) in [6.07, 6.45) is -43.9. The summed E-state index contributed by atoms with van der Waals surface area (Å²) in [5.74, 6) is -2.77. The van der Waals surface area contributed by atoms with Crippen molar-refractivity contribution in [3.05, 3.63) is 0 Å². The van der Waals surface area contributed by atoms with E-state index in [9.17, 15) is 86.2 Å². The lowest BCUT2D eigenvalue weighted by Crippen LogP contribution is -2.67. The van der Waals surface area contributed by atoms with Crippen LogP contribution in [0.15, 0.2) is 4.99 Å². The van der Waals surface area contributed by atoms with E-state index in [1.165, 1.54) is 0 Å². The lowest BCUT2D eigenvalue weighted by atomic mass is 9.76. The van der Waals surface area contributed by atoms with Gasteiger partial charge in [0.25, 0.3) is 0 Å². The summed E-state index contributed by atoms with van der Waals surface area (Å²) in [6, 6.07) is -7.11. The predicted molar refractivity (Wildman–Crippen MR) is 332 cm³/mol. The van der Waals surface area contributed by atoms with Gasteiger partial charge in [-0.15, -0.1) is 0 Å². The molecule has 6 aliphatic heterocycles. The molecule has 0 unspecified atom stereocenters. The average molecular weight is 1440 g/mol. The fraction of sp³-hybridized carbons (Fsp3) is 0.946. The first-order valence-electron chi connectivity index (χ1n) is 32.9. The third kappa shape index (κ3) is 19.4. The summed E-state index contributed by atoms with van der Waals surface area (Å²) in [5, 5.41) is 159. The number of Topliss-reactive ketones (excluding diaryl/α,β-unsaturated/α-hetero) is 2. The Morgan fingerprint density at radius 1 is 0.404 bits per heavy atom. The molecule has 43 nitrogen and oxygen atoms in total. The summed E-state index contributed by atoms with van der Waals surface area (Å²) in [4.78, 5) is 29.2. The number of carbonyl (C=O) groups excluding carboxylic acids is 2. The Bertz CT molecular complexity index is 2510. The number of nitrogens with two attached hydrogens (primary N) is 13. The van der Waals surface area contributed by atoms with Crippen molar-refractivity contribution in [2.24, 2.45) is 91.4 Å². The van der Waals surface area contributed by atoms with Gasteiger partial charge in [-0.25, -0.2) is 0 Å². The topological polar surface area (TPSA) is 799 Å². The first-order chi connectivity index (χ1) is 46.8. The van der Waals surface area contributed by atoms with Gasteiger partial charge in [-0.2, -0.15) is 0 Å². The predicted octanol–water partition coefficient (Wildman–Crippen LogP) is -17.9. The van der Waals surface area contributed by atoms with Crippen LogP contribution in [-0.4, -0.2) is 373 Å². The molecule has 8 aliphatic rings. The number of guanidine groups is 1. The van der Waals surface area contributed by atoms with Crippen LogP contribution in [-0.2, 0) is 66.4 Å². The molecule has 0 bridgehead atoms. The van der Waals surface area contributed by atoms with Crippen molar-refractivity contribution in [2.45, 2.75) is 265 Å². The zero-order valence-electron chi connectivity index (χ0n) is 54.3. The van der Waals surface area contributed by atoms with Crippen molar-refractivity contribution < 1.29 is 143 Å². The Hall–Kier alpha value is -2.91. The molecule has 43 heteroatoms. The van der Waals surface area contributed by atoms with Crippen molar-refractivity contribution in [1.82, 2.24) is 0 Å². The lowest BCUT2D eigenvalue weighted by Gasteiger charge is -2.48. The number of ether oxygens (including phenoxy) is 12. The molecule has 39 atom stereocenters. The van der Waals surface area contributed by atoms with Crippen molar-refractivity contribution in [1.29, 1.82) is 0 Å². The zero-order chi connectivity index (χ0) is 73.3. The maximum atomic E-state index is 13.0. The van der Waals surface area contributed by atoms with E-state index in [0.717, 1.165) is 0 Å². The standard InChI is InChI=1S/C29H56N8O15.C27H52N6O14/c30-5-12-18(42)20(44)15(33)26(47-12)50-23-9(32)3-8(4-11(40)10(39)1-2-37-29(35)36)17(41)25(23)52-28-22(46)24(14(7-38)49-28)51-27-16(34)21(45)19(43)13(6-31)48-27;28-2-1-9(35)3-8-4-10(31)22(45-25-14(32)19(39)17(37)11(5-29)42-25)24(16(8)36)47-27-21(41)23(13(7-34)44-27)46-26-15(33)20(40)18(38)12(6-30)43-26/h8-10,12-28,38-39,41-46H,1-7,30-34H2,(H4,35,36,37);8,10-27,34,36-41H,1-7,28-33H2/t8-,9-,10-,12+,13-,14+,15+,16+,17-,18+,19+,20+,21+,22+,23+,24+,25+,26+,27+,28-;8-,10+,11-,12+,13-,14-,15-,16+,17-,18-,19-,20-,21-,22-,23-,24-,25-,26-,27+/m01/s1. The quantitative estimate of drug-likeness (QED) is 0.0255. The molecule has 0 radical (unpaired) electrons. The summed E-state index contributed by atoms with van der Waals surface area (Å²) in [6.45, 7) is -2.12. The van der Waals surface area contributed by atoms with Gasteiger partial charge in [-0.3, -0.25) is 14.6 Å². The average Bonchev–Trinajstić information content (AvgIpc) is 1.77. The molecule has 0 amide bonds. The highest BCUT2D eigenvalue weighted by Crippen LogP contribution is 2.40. The van der Waals surface area contributed by atoms with Crippen LogP contribution in [0.5, 0.6) is 0 Å². The Morgan fingerprint density at radius 2 is 0.707 bits per heavy atom. The number of nitrogens with zero attached hydrogens (tertiary/aromatic N) is 1. The zero-order valence-corrected chi connectivity index (χ0v) is 54.3. The minimum atomic E-state index is -1.72. The molecular weight excluding hydrogens is 1330 g/mol. The van der Waals surface area contributed by atoms with Gasteiger partial charge in [0.15, 0.2) is 49.5 Å². The second kappa shape index (κ2) is 37.4. The molecule has 0 aromatic heterocycles. The third-order valence-corrected chi connectivity index (χ3v) is 19.3. The van der Waals surface area contributed by atoms with Crippen LogP contribution in [0.1, 0.15) is 38.5 Å². The molecule has 8 rings (SSSR count). The number of hydrogen-bond donors (Lipinski definition) is 28. The van der Waals surface area contributed by atoms with E-state index in [-0.39, 0.29) is 89.5 Å². The Balaban J connectivity index is 0.000000280. The SMILES string of the molecule is NCCC(=O)C[C@@H]1C[C@H](N)[C@@H](O[C@H]2O[C@H](CN)[C@@H](O)[C@H](O)[C@H]2N)[C@H](O[C@@H]2O[C@H](CO)[C@@H](O[C@H]3O[C@@H](CN)[C@@H](O)[C@H](O)[C@H]3N)[C@H]2O)[C@H]1O.NC[C@@H]1O[C@H](O[C@H]2[C@@H](O)[C@H](O[C@@H]3[C@@H](O)[C@H](CC(=O)[C@@H](O)CCN=C(N)N)C[C@H](N)[C@H]3O[C@H]3O[C@H](CN)[C@@H](O)[C@H](O)[C@H]3N)O[C@@H]2CO)[C@H](N)[C@@H](O)[C@@H]1O. The molecule has 2 aliphatic carbocycles. The molecule has 0 aromatic rings. The van der Waals surface area contributed by atoms with Crippen LogP contribution >= 0.6 is 0 Å². The Labute approximate surface area is 568 Å². The van der Waals surface area contributed by atoms with E-state index in [1.54, 1.807) is 0 Å². The number of aliphatic hydroxyl groups is 15. The molecule has 41 N–H and O–H groups in total. The van der Waals surface area contributed by atoms with Crippen LogP contribution in [0.2, 0.25) is 0 Å². The Kier molecular flexibility index (Phi) is 31.5. The highest BCUT2D eigenvalue weighted by atomic mass is 16.8. The first-order valence-corrected chi connectivity index (χ1v) is 32.9. The molecule has 2 saturated carbocycles. The molecular formula is C56H108N14O29. The summed E-state index contributed by atoms with van der Waals surface area (Å²) in [7, 11) is 0. The second-order valence-electron chi connectivity index (χ2n) is 26.2. The number of rotatable bonds is 28. The minimum absolute atomic E-state index is 0.0367. The van der Waals surface area contributed by atoms with Crippen LogP contribution < -0.4 is 74.5 Å². The van der Waals surface area contributed by atoms with Gasteiger partial charge in [-0.05, 0) is 31.2 Å².